The Morgan fingerprint density at radius 2 is 1.90 bits per heavy atom. The highest BCUT2D eigenvalue weighted by molar-refractivity contribution is 14.0. The standard InChI is InChI=1S/C23H30N4O3.HI/c1-16-6-9-19(21(10-16)30-14-17-7-8-17)13-27-23(25-2)26-12-18-4-3-5-20(11-18)29-15-22(24)28;/h3-6,9-11,17H,7-8,12-15H2,1-2H3,(H2,24,28)(H2,25,26,27);1H. The highest BCUT2D eigenvalue weighted by atomic mass is 127. The van der Waals surface area contributed by atoms with Crippen LogP contribution >= 0.6 is 24.0 Å². The molecule has 0 heterocycles. The van der Waals surface area contributed by atoms with Gasteiger partial charge in [-0.05, 0) is 55.0 Å². The SMILES string of the molecule is CN=C(NCc1cccc(OCC(N)=O)c1)NCc1ccc(C)cc1OCC1CC1.I. The van der Waals surface area contributed by atoms with Gasteiger partial charge in [0.2, 0.25) is 0 Å². The maximum absolute atomic E-state index is 10.9. The molecule has 0 aliphatic heterocycles. The lowest BCUT2D eigenvalue weighted by Gasteiger charge is -2.16. The second-order valence-electron chi connectivity index (χ2n) is 7.55. The van der Waals surface area contributed by atoms with Crippen LogP contribution in [-0.2, 0) is 17.9 Å². The number of nitrogens with zero attached hydrogens (tertiary/aromatic N) is 1. The molecule has 0 radical (unpaired) electrons. The Balaban J connectivity index is 0.00000341. The molecular weight excluding hydrogens is 507 g/mol. The van der Waals surface area contributed by atoms with Gasteiger partial charge in [0.1, 0.15) is 11.5 Å². The van der Waals surface area contributed by atoms with Crippen LogP contribution in [0.15, 0.2) is 47.5 Å². The number of rotatable bonds is 10. The second kappa shape index (κ2) is 12.4. The number of halogens is 1. The van der Waals surface area contributed by atoms with Crippen molar-refractivity contribution in [3.8, 4) is 11.5 Å². The van der Waals surface area contributed by atoms with Gasteiger partial charge >= 0.3 is 0 Å². The zero-order valence-electron chi connectivity index (χ0n) is 18.0. The van der Waals surface area contributed by atoms with Crippen LogP contribution in [0, 0.1) is 12.8 Å². The molecule has 1 aliphatic rings. The van der Waals surface area contributed by atoms with Crippen molar-refractivity contribution < 1.29 is 14.3 Å². The quantitative estimate of drug-likeness (QED) is 0.246. The zero-order chi connectivity index (χ0) is 21.3. The minimum atomic E-state index is -0.500. The van der Waals surface area contributed by atoms with E-state index in [4.69, 9.17) is 15.2 Å². The van der Waals surface area contributed by atoms with Crippen molar-refractivity contribution in [1.29, 1.82) is 0 Å². The number of aliphatic imine (C=N–C) groups is 1. The topological polar surface area (TPSA) is 98.0 Å². The van der Waals surface area contributed by atoms with E-state index in [0.717, 1.165) is 23.5 Å². The van der Waals surface area contributed by atoms with Gasteiger partial charge in [-0.15, -0.1) is 24.0 Å². The van der Waals surface area contributed by atoms with E-state index < -0.39 is 5.91 Å². The molecule has 0 atom stereocenters. The Hall–Kier alpha value is -2.49. The summed E-state index contributed by atoms with van der Waals surface area (Å²) in [5.74, 6) is 2.44. The molecule has 7 nitrogen and oxygen atoms in total. The fourth-order valence-corrected chi connectivity index (χ4v) is 2.92. The molecule has 3 rings (SSSR count). The van der Waals surface area contributed by atoms with Gasteiger partial charge in [-0.2, -0.15) is 0 Å². The zero-order valence-corrected chi connectivity index (χ0v) is 20.3. The monoisotopic (exact) mass is 538 g/mol. The number of aryl methyl sites for hydroxylation is 1. The first kappa shape index (κ1) is 24.8. The number of hydrogen-bond acceptors (Lipinski definition) is 4. The number of amides is 1. The van der Waals surface area contributed by atoms with Crippen LogP contribution in [0.5, 0.6) is 11.5 Å². The molecule has 31 heavy (non-hydrogen) atoms. The lowest BCUT2D eigenvalue weighted by Crippen LogP contribution is -2.36. The Kier molecular flexibility index (Phi) is 9.90. The molecule has 2 aromatic carbocycles. The van der Waals surface area contributed by atoms with Crippen LogP contribution in [0.4, 0.5) is 0 Å². The molecule has 2 aromatic rings. The molecule has 0 saturated heterocycles. The molecule has 1 aliphatic carbocycles. The van der Waals surface area contributed by atoms with Crippen molar-refractivity contribution >= 4 is 35.8 Å². The van der Waals surface area contributed by atoms with Crippen molar-refractivity contribution in [2.45, 2.75) is 32.9 Å². The summed E-state index contributed by atoms with van der Waals surface area (Å²) < 4.78 is 11.4. The van der Waals surface area contributed by atoms with E-state index in [9.17, 15) is 4.79 Å². The van der Waals surface area contributed by atoms with Gasteiger partial charge < -0.3 is 25.8 Å². The average Bonchev–Trinajstić information content (AvgIpc) is 3.57. The highest BCUT2D eigenvalue weighted by Gasteiger charge is 2.22. The number of nitrogens with two attached hydrogens (primary N) is 1. The van der Waals surface area contributed by atoms with Gasteiger partial charge in [-0.3, -0.25) is 9.79 Å². The Labute approximate surface area is 200 Å². The summed E-state index contributed by atoms with van der Waals surface area (Å²) in [6.45, 7) is 3.90. The predicted octanol–water partition coefficient (Wildman–Crippen LogP) is 3.13. The van der Waals surface area contributed by atoms with Crippen LogP contribution in [0.2, 0.25) is 0 Å². The minimum absolute atomic E-state index is 0. The molecule has 4 N–H and O–H groups in total. The first-order chi connectivity index (χ1) is 14.5. The number of ether oxygens (including phenoxy) is 2. The Morgan fingerprint density at radius 1 is 1.13 bits per heavy atom. The van der Waals surface area contributed by atoms with Crippen molar-refractivity contribution in [3.63, 3.8) is 0 Å². The number of carbonyl (C=O) groups is 1. The Bertz CT molecular complexity index is 900. The molecule has 0 bridgehead atoms. The minimum Gasteiger partial charge on any atom is -0.493 e. The largest absolute Gasteiger partial charge is 0.493 e. The maximum Gasteiger partial charge on any atom is 0.255 e. The van der Waals surface area contributed by atoms with E-state index in [1.54, 1.807) is 13.1 Å². The fraction of sp³-hybridized carbons (Fsp3) is 0.391. The van der Waals surface area contributed by atoms with Crippen molar-refractivity contribution in [2.75, 3.05) is 20.3 Å². The summed E-state index contributed by atoms with van der Waals surface area (Å²) in [5.41, 5.74) is 8.41. The van der Waals surface area contributed by atoms with Crippen LogP contribution in [0.25, 0.3) is 0 Å². The first-order valence-corrected chi connectivity index (χ1v) is 10.2. The average molecular weight is 538 g/mol. The van der Waals surface area contributed by atoms with E-state index in [1.807, 2.05) is 18.2 Å². The molecule has 0 aromatic heterocycles. The predicted molar refractivity (Wildman–Crippen MR) is 133 cm³/mol. The molecule has 168 valence electrons. The van der Waals surface area contributed by atoms with E-state index in [-0.39, 0.29) is 30.6 Å². The number of carbonyl (C=O) groups excluding carboxylic acids is 1. The summed E-state index contributed by atoms with van der Waals surface area (Å²) in [4.78, 5) is 15.2. The van der Waals surface area contributed by atoms with Gasteiger partial charge in [0.15, 0.2) is 12.6 Å². The number of benzene rings is 2. The molecule has 1 fully saturated rings. The van der Waals surface area contributed by atoms with E-state index in [2.05, 4.69) is 40.7 Å². The lowest BCUT2D eigenvalue weighted by molar-refractivity contribution is -0.119. The van der Waals surface area contributed by atoms with Gasteiger partial charge in [-0.1, -0.05) is 24.3 Å². The van der Waals surface area contributed by atoms with Crippen molar-refractivity contribution in [1.82, 2.24) is 10.6 Å². The van der Waals surface area contributed by atoms with Gasteiger partial charge in [0.25, 0.3) is 5.91 Å². The van der Waals surface area contributed by atoms with Gasteiger partial charge in [0, 0.05) is 25.7 Å². The Morgan fingerprint density at radius 3 is 2.61 bits per heavy atom. The number of nitrogens with one attached hydrogen (secondary N) is 2. The third-order valence-corrected chi connectivity index (χ3v) is 4.80. The van der Waals surface area contributed by atoms with E-state index >= 15 is 0 Å². The molecule has 0 unspecified atom stereocenters. The number of hydrogen-bond donors (Lipinski definition) is 3. The summed E-state index contributed by atoms with van der Waals surface area (Å²) in [6, 6.07) is 13.8. The molecule has 0 spiro atoms. The number of primary amides is 1. The third kappa shape index (κ3) is 8.64. The summed E-state index contributed by atoms with van der Waals surface area (Å²) in [5, 5.41) is 6.63. The summed E-state index contributed by atoms with van der Waals surface area (Å²) in [7, 11) is 1.74. The van der Waals surface area contributed by atoms with Gasteiger partial charge in [-0.25, -0.2) is 0 Å². The maximum atomic E-state index is 10.9. The lowest BCUT2D eigenvalue weighted by atomic mass is 10.1. The van der Waals surface area contributed by atoms with Crippen LogP contribution in [-0.4, -0.2) is 32.1 Å². The molecular formula is C23H31IN4O3. The highest BCUT2D eigenvalue weighted by Crippen LogP contribution is 2.30. The molecule has 1 saturated carbocycles. The van der Waals surface area contributed by atoms with Crippen molar-refractivity contribution in [3.05, 3.63) is 59.2 Å². The van der Waals surface area contributed by atoms with Crippen LogP contribution in [0.1, 0.15) is 29.5 Å². The smallest absolute Gasteiger partial charge is 0.255 e. The van der Waals surface area contributed by atoms with E-state index in [1.165, 1.54) is 18.4 Å². The second-order valence-corrected chi connectivity index (χ2v) is 7.55. The number of guanidine groups is 1. The molecule has 8 heteroatoms. The van der Waals surface area contributed by atoms with Crippen molar-refractivity contribution in [2.24, 2.45) is 16.6 Å². The van der Waals surface area contributed by atoms with E-state index in [0.29, 0.717) is 30.7 Å². The summed E-state index contributed by atoms with van der Waals surface area (Å²) in [6.07, 6.45) is 2.54. The van der Waals surface area contributed by atoms with Crippen LogP contribution < -0.4 is 25.8 Å². The van der Waals surface area contributed by atoms with Gasteiger partial charge in [0.05, 0.1) is 6.61 Å². The van der Waals surface area contributed by atoms with Crippen LogP contribution in [0.3, 0.4) is 0 Å². The fourth-order valence-electron chi connectivity index (χ4n) is 2.92. The summed E-state index contributed by atoms with van der Waals surface area (Å²) >= 11 is 0. The normalized spacial score (nSPS) is 13.2. The first-order valence-electron chi connectivity index (χ1n) is 10.2. The third-order valence-electron chi connectivity index (χ3n) is 4.80. The molecule has 1 amide bonds.